The first kappa shape index (κ1) is 18.4. The van der Waals surface area contributed by atoms with Crippen molar-refractivity contribution >= 4 is 5.91 Å². The largest absolute Gasteiger partial charge is 0.470 e. The summed E-state index contributed by atoms with van der Waals surface area (Å²) in [5, 5.41) is 6.61. The minimum atomic E-state index is -4.63. The second-order valence-corrected chi connectivity index (χ2v) is 6.41. The van der Waals surface area contributed by atoms with Crippen molar-refractivity contribution in [3.05, 3.63) is 47.7 Å². The molecule has 26 heavy (non-hydrogen) atoms. The topological polar surface area (TPSA) is 59.2 Å². The van der Waals surface area contributed by atoms with E-state index in [4.69, 9.17) is 4.42 Å². The maximum absolute atomic E-state index is 12.8. The molecule has 1 atom stereocenters. The van der Waals surface area contributed by atoms with Crippen molar-refractivity contribution < 1.29 is 22.4 Å². The standard InChI is InChI=1S/C18H20F3N3O2/c1-2-14(12-6-4-3-5-7-12)16(25)24-10-8-13(9-11-24)15-22-23-17(26-15)18(19,20)21/h3-7,13-14H,2,8-11H2,1H3/t14-/m0/s1. The number of hydrogen-bond acceptors (Lipinski definition) is 4. The van der Waals surface area contributed by atoms with Crippen molar-refractivity contribution in [2.24, 2.45) is 0 Å². The Balaban J connectivity index is 1.63. The van der Waals surface area contributed by atoms with Gasteiger partial charge in [-0.3, -0.25) is 4.79 Å². The lowest BCUT2D eigenvalue weighted by molar-refractivity contribution is -0.157. The van der Waals surface area contributed by atoms with Crippen LogP contribution in [0.25, 0.3) is 0 Å². The average molecular weight is 367 g/mol. The third kappa shape index (κ3) is 3.89. The van der Waals surface area contributed by atoms with Crippen molar-refractivity contribution in [2.75, 3.05) is 13.1 Å². The molecule has 0 bridgehead atoms. The molecule has 0 radical (unpaired) electrons. The number of amides is 1. The van der Waals surface area contributed by atoms with Crippen LogP contribution in [0, 0.1) is 0 Å². The highest BCUT2D eigenvalue weighted by Crippen LogP contribution is 2.33. The van der Waals surface area contributed by atoms with Gasteiger partial charge in [0.1, 0.15) is 0 Å². The maximum atomic E-state index is 12.8. The first-order valence-electron chi connectivity index (χ1n) is 8.64. The van der Waals surface area contributed by atoms with Gasteiger partial charge >= 0.3 is 12.1 Å². The summed E-state index contributed by atoms with van der Waals surface area (Å²) in [5.74, 6) is -1.72. The van der Waals surface area contributed by atoms with E-state index in [1.165, 1.54) is 0 Å². The summed E-state index contributed by atoms with van der Waals surface area (Å²) in [7, 11) is 0. The first-order chi connectivity index (χ1) is 12.4. The average Bonchev–Trinajstić information content (AvgIpc) is 3.14. The van der Waals surface area contributed by atoms with Gasteiger partial charge in [0.25, 0.3) is 0 Å². The lowest BCUT2D eigenvalue weighted by Gasteiger charge is -2.33. The van der Waals surface area contributed by atoms with Crippen LogP contribution in [0.15, 0.2) is 34.7 Å². The highest BCUT2D eigenvalue weighted by molar-refractivity contribution is 5.83. The summed E-state index contributed by atoms with van der Waals surface area (Å²) in [5.41, 5.74) is 0.980. The normalized spacial score (nSPS) is 17.3. The molecule has 1 saturated heterocycles. The summed E-state index contributed by atoms with van der Waals surface area (Å²) >= 11 is 0. The molecule has 3 rings (SSSR count). The van der Waals surface area contributed by atoms with Crippen LogP contribution in [-0.4, -0.2) is 34.1 Å². The number of aromatic nitrogens is 2. The molecule has 1 aromatic carbocycles. The molecule has 8 heteroatoms. The van der Waals surface area contributed by atoms with Crippen LogP contribution >= 0.6 is 0 Å². The summed E-state index contributed by atoms with van der Waals surface area (Å²) in [4.78, 5) is 14.6. The van der Waals surface area contributed by atoms with Gasteiger partial charge in [0, 0.05) is 19.0 Å². The fourth-order valence-electron chi connectivity index (χ4n) is 3.32. The minimum absolute atomic E-state index is 0.000440. The molecule has 1 aliphatic heterocycles. The molecule has 140 valence electrons. The number of halogens is 3. The van der Waals surface area contributed by atoms with Crippen LogP contribution in [0.2, 0.25) is 0 Å². The van der Waals surface area contributed by atoms with E-state index >= 15 is 0 Å². The summed E-state index contributed by atoms with van der Waals surface area (Å²) in [6.45, 7) is 2.91. The lowest BCUT2D eigenvalue weighted by Crippen LogP contribution is -2.40. The Kier molecular flexibility index (Phi) is 5.29. The molecular weight excluding hydrogens is 347 g/mol. The molecule has 0 aliphatic carbocycles. The van der Waals surface area contributed by atoms with E-state index in [9.17, 15) is 18.0 Å². The zero-order chi connectivity index (χ0) is 18.7. The Bertz CT molecular complexity index is 738. The molecule has 0 spiro atoms. The molecule has 0 unspecified atom stereocenters. The monoisotopic (exact) mass is 367 g/mol. The number of hydrogen-bond donors (Lipinski definition) is 0. The van der Waals surface area contributed by atoms with Crippen LogP contribution in [0.3, 0.4) is 0 Å². The van der Waals surface area contributed by atoms with Gasteiger partial charge in [-0.25, -0.2) is 0 Å². The Morgan fingerprint density at radius 1 is 1.23 bits per heavy atom. The number of piperidine rings is 1. The first-order valence-corrected chi connectivity index (χ1v) is 8.64. The van der Waals surface area contributed by atoms with E-state index < -0.39 is 12.1 Å². The van der Waals surface area contributed by atoms with Crippen LogP contribution in [-0.2, 0) is 11.0 Å². The molecule has 1 aliphatic rings. The van der Waals surface area contributed by atoms with Gasteiger partial charge < -0.3 is 9.32 Å². The van der Waals surface area contributed by atoms with Gasteiger partial charge in [0.2, 0.25) is 11.8 Å². The van der Waals surface area contributed by atoms with Crippen LogP contribution in [0.5, 0.6) is 0 Å². The Hall–Kier alpha value is -2.38. The van der Waals surface area contributed by atoms with E-state index in [0.29, 0.717) is 32.4 Å². The zero-order valence-corrected chi connectivity index (χ0v) is 14.4. The molecule has 2 heterocycles. The number of carbonyl (C=O) groups excluding carboxylic acids is 1. The molecule has 1 amide bonds. The van der Waals surface area contributed by atoms with Crippen LogP contribution in [0.1, 0.15) is 55.4 Å². The number of likely N-dealkylation sites (tertiary alicyclic amines) is 1. The van der Waals surface area contributed by atoms with Gasteiger partial charge in [0.05, 0.1) is 5.92 Å². The van der Waals surface area contributed by atoms with Gasteiger partial charge in [0.15, 0.2) is 0 Å². The smallest absolute Gasteiger partial charge is 0.417 e. The quantitative estimate of drug-likeness (QED) is 0.820. The minimum Gasteiger partial charge on any atom is -0.417 e. The Labute approximate surface area is 149 Å². The fraction of sp³-hybridized carbons (Fsp3) is 0.500. The van der Waals surface area contributed by atoms with Gasteiger partial charge in [-0.05, 0) is 24.8 Å². The number of benzene rings is 1. The van der Waals surface area contributed by atoms with Gasteiger partial charge in [-0.1, -0.05) is 37.3 Å². The van der Waals surface area contributed by atoms with Crippen molar-refractivity contribution in [1.29, 1.82) is 0 Å². The molecule has 1 aromatic heterocycles. The number of carbonyl (C=O) groups is 1. The highest BCUT2D eigenvalue weighted by atomic mass is 19.4. The molecular formula is C18H20F3N3O2. The third-order valence-electron chi connectivity index (χ3n) is 4.75. The molecule has 0 N–H and O–H groups in total. The van der Waals surface area contributed by atoms with E-state index in [2.05, 4.69) is 10.2 Å². The van der Waals surface area contributed by atoms with E-state index in [-0.39, 0.29) is 23.6 Å². The third-order valence-corrected chi connectivity index (χ3v) is 4.75. The summed E-state index contributed by atoms with van der Waals surface area (Å²) < 4.78 is 42.5. The second kappa shape index (κ2) is 7.47. The fourth-order valence-corrected chi connectivity index (χ4v) is 3.32. The lowest BCUT2D eigenvalue weighted by atomic mass is 9.92. The maximum Gasteiger partial charge on any atom is 0.470 e. The Morgan fingerprint density at radius 2 is 1.88 bits per heavy atom. The molecule has 0 saturated carbocycles. The molecule has 1 fully saturated rings. The zero-order valence-electron chi connectivity index (χ0n) is 14.4. The van der Waals surface area contributed by atoms with Crippen LogP contribution in [0.4, 0.5) is 13.2 Å². The number of rotatable bonds is 4. The molecule has 5 nitrogen and oxygen atoms in total. The van der Waals surface area contributed by atoms with Gasteiger partial charge in [-0.2, -0.15) is 13.2 Å². The summed E-state index contributed by atoms with van der Waals surface area (Å²) in [6, 6.07) is 9.61. The number of alkyl halides is 3. The van der Waals surface area contributed by atoms with Crippen molar-refractivity contribution in [2.45, 2.75) is 44.2 Å². The molecule has 2 aromatic rings. The second-order valence-electron chi connectivity index (χ2n) is 6.41. The van der Waals surface area contributed by atoms with E-state index in [1.54, 1.807) is 4.90 Å². The van der Waals surface area contributed by atoms with Crippen LogP contribution < -0.4 is 0 Å². The summed E-state index contributed by atoms with van der Waals surface area (Å²) in [6.07, 6.45) is -2.92. The predicted octanol–water partition coefficient (Wildman–Crippen LogP) is 3.99. The Morgan fingerprint density at radius 3 is 2.42 bits per heavy atom. The SMILES string of the molecule is CC[C@H](C(=O)N1CCC(c2nnc(C(F)(F)F)o2)CC1)c1ccccc1. The van der Waals surface area contributed by atoms with Crippen molar-refractivity contribution in [1.82, 2.24) is 15.1 Å². The highest BCUT2D eigenvalue weighted by Gasteiger charge is 2.39. The van der Waals surface area contributed by atoms with Gasteiger partial charge in [-0.15, -0.1) is 10.2 Å². The predicted molar refractivity (Wildman–Crippen MR) is 87.3 cm³/mol. The van der Waals surface area contributed by atoms with Crippen molar-refractivity contribution in [3.63, 3.8) is 0 Å². The van der Waals surface area contributed by atoms with E-state index in [0.717, 1.165) is 5.56 Å². The number of nitrogens with zero attached hydrogens (tertiary/aromatic N) is 3. The van der Waals surface area contributed by atoms with Crippen molar-refractivity contribution in [3.8, 4) is 0 Å². The van der Waals surface area contributed by atoms with E-state index in [1.807, 2.05) is 37.3 Å².